The van der Waals surface area contributed by atoms with E-state index in [0.717, 1.165) is 0 Å². The Morgan fingerprint density at radius 1 is 1.38 bits per heavy atom. The van der Waals surface area contributed by atoms with E-state index in [9.17, 15) is 9.90 Å². The van der Waals surface area contributed by atoms with Gasteiger partial charge in [-0.3, -0.25) is 0 Å². The molecule has 1 aromatic rings. The number of aromatic hydroxyl groups is 1. The van der Waals surface area contributed by atoms with Crippen LogP contribution in [0.15, 0.2) is 18.2 Å². The van der Waals surface area contributed by atoms with Crippen LogP contribution >= 0.6 is 0 Å². The average molecular weight is 222 g/mol. The lowest BCUT2D eigenvalue weighted by Crippen LogP contribution is -2.34. The molecule has 88 valence electrons. The van der Waals surface area contributed by atoms with Crippen LogP contribution in [0.2, 0.25) is 0 Å². The zero-order chi connectivity index (χ0) is 12.1. The molecule has 0 saturated carbocycles. The molecular weight excluding hydrogens is 204 g/mol. The maximum atomic E-state index is 11.8. The first-order valence-electron chi connectivity index (χ1n) is 5.44. The van der Waals surface area contributed by atoms with E-state index in [1.807, 2.05) is 13.8 Å². The number of rotatable bonds is 3. The van der Waals surface area contributed by atoms with E-state index in [2.05, 4.69) is 5.32 Å². The molecule has 0 spiro atoms. The molecule has 0 bridgehead atoms. The van der Waals surface area contributed by atoms with Gasteiger partial charge in [0.2, 0.25) is 0 Å². The number of benzene rings is 1. The largest absolute Gasteiger partial charge is 0.508 e. The van der Waals surface area contributed by atoms with Crippen LogP contribution in [-0.2, 0) is 0 Å². The molecule has 0 fully saturated rings. The molecule has 4 nitrogen and oxygen atoms in total. The highest BCUT2D eigenvalue weighted by Gasteiger charge is 2.11. The van der Waals surface area contributed by atoms with Crippen molar-refractivity contribution in [3.8, 4) is 5.75 Å². The first-order valence-corrected chi connectivity index (χ1v) is 5.44. The third-order valence-corrected chi connectivity index (χ3v) is 2.60. The van der Waals surface area contributed by atoms with Crippen LogP contribution in [0.4, 0.5) is 10.5 Å². The lowest BCUT2D eigenvalue weighted by Gasteiger charge is -2.20. The lowest BCUT2D eigenvalue weighted by atomic mass is 10.2. The Balaban J connectivity index is 2.80. The minimum Gasteiger partial charge on any atom is -0.508 e. The first kappa shape index (κ1) is 12.4. The fourth-order valence-electron chi connectivity index (χ4n) is 1.46. The molecule has 0 aliphatic carbocycles. The van der Waals surface area contributed by atoms with Crippen molar-refractivity contribution in [3.05, 3.63) is 23.8 Å². The van der Waals surface area contributed by atoms with Crippen molar-refractivity contribution in [2.24, 2.45) is 0 Å². The molecule has 1 rings (SSSR count). The molecule has 0 aromatic heterocycles. The van der Waals surface area contributed by atoms with Gasteiger partial charge in [-0.25, -0.2) is 4.79 Å². The van der Waals surface area contributed by atoms with Crippen LogP contribution in [0.5, 0.6) is 5.75 Å². The summed E-state index contributed by atoms with van der Waals surface area (Å²) in [4.78, 5) is 13.5. The zero-order valence-corrected chi connectivity index (χ0v) is 9.95. The number of carbonyl (C=O) groups is 1. The predicted molar refractivity (Wildman–Crippen MR) is 64.8 cm³/mol. The third-order valence-electron chi connectivity index (χ3n) is 2.60. The highest BCUT2D eigenvalue weighted by atomic mass is 16.3. The summed E-state index contributed by atoms with van der Waals surface area (Å²) in [7, 11) is 0. The molecule has 4 heteroatoms. The second-order valence-corrected chi connectivity index (χ2v) is 3.55. The number of carbonyl (C=O) groups excluding carboxylic acids is 1. The Hall–Kier alpha value is -1.71. The Morgan fingerprint density at radius 3 is 2.56 bits per heavy atom. The highest BCUT2D eigenvalue weighted by molar-refractivity contribution is 5.90. The van der Waals surface area contributed by atoms with Crippen molar-refractivity contribution in [2.75, 3.05) is 18.4 Å². The van der Waals surface area contributed by atoms with Gasteiger partial charge in [-0.2, -0.15) is 0 Å². The molecule has 16 heavy (non-hydrogen) atoms. The van der Waals surface area contributed by atoms with E-state index in [1.165, 1.54) is 0 Å². The minimum atomic E-state index is -0.140. The van der Waals surface area contributed by atoms with Crippen molar-refractivity contribution < 1.29 is 9.90 Å². The third kappa shape index (κ3) is 2.66. The van der Waals surface area contributed by atoms with Gasteiger partial charge in [0.1, 0.15) is 5.75 Å². The maximum Gasteiger partial charge on any atom is 0.321 e. The lowest BCUT2D eigenvalue weighted by molar-refractivity contribution is 0.217. The molecule has 0 radical (unpaired) electrons. The standard InChI is InChI=1S/C12H18N2O2/c1-4-14(5-2)12(16)13-10-7-6-8-11(15)9(10)3/h6-8,15H,4-5H2,1-3H3,(H,13,16). The number of amides is 2. The number of phenols is 1. The van der Waals surface area contributed by atoms with Gasteiger partial charge < -0.3 is 15.3 Å². The van der Waals surface area contributed by atoms with E-state index in [1.54, 1.807) is 30.0 Å². The molecule has 1 aromatic carbocycles. The number of urea groups is 1. The number of phenolic OH excluding ortho intramolecular Hbond substituents is 1. The van der Waals surface area contributed by atoms with Gasteiger partial charge >= 0.3 is 6.03 Å². The van der Waals surface area contributed by atoms with Crippen LogP contribution in [0.1, 0.15) is 19.4 Å². The molecule has 0 aliphatic rings. The van der Waals surface area contributed by atoms with Crippen molar-refractivity contribution in [1.29, 1.82) is 0 Å². The summed E-state index contributed by atoms with van der Waals surface area (Å²) in [6, 6.07) is 4.94. The molecule has 0 saturated heterocycles. The quantitative estimate of drug-likeness (QED) is 0.825. The molecular formula is C12H18N2O2. The second-order valence-electron chi connectivity index (χ2n) is 3.55. The molecule has 0 atom stereocenters. The second kappa shape index (κ2) is 5.39. The molecule has 2 N–H and O–H groups in total. The molecule has 2 amide bonds. The highest BCUT2D eigenvalue weighted by Crippen LogP contribution is 2.23. The summed E-state index contributed by atoms with van der Waals surface area (Å²) in [6.07, 6.45) is 0. The van der Waals surface area contributed by atoms with Crippen molar-refractivity contribution in [1.82, 2.24) is 4.90 Å². The van der Waals surface area contributed by atoms with Crippen LogP contribution in [0.3, 0.4) is 0 Å². The fourth-order valence-corrected chi connectivity index (χ4v) is 1.46. The normalized spacial score (nSPS) is 9.94. The minimum absolute atomic E-state index is 0.140. The van der Waals surface area contributed by atoms with Crippen LogP contribution in [0.25, 0.3) is 0 Å². The van der Waals surface area contributed by atoms with Gasteiger partial charge in [-0.15, -0.1) is 0 Å². The summed E-state index contributed by atoms with van der Waals surface area (Å²) in [5, 5.41) is 12.3. The Labute approximate surface area is 95.9 Å². The van der Waals surface area contributed by atoms with Gasteiger partial charge in [0, 0.05) is 24.3 Å². The molecule has 0 heterocycles. The zero-order valence-electron chi connectivity index (χ0n) is 9.95. The Morgan fingerprint density at radius 2 is 2.00 bits per heavy atom. The SMILES string of the molecule is CCN(CC)C(=O)Nc1cccc(O)c1C. The Bertz CT molecular complexity index is 373. The summed E-state index contributed by atoms with van der Waals surface area (Å²) in [5.74, 6) is 0.192. The van der Waals surface area contributed by atoms with Crippen LogP contribution < -0.4 is 5.32 Å². The van der Waals surface area contributed by atoms with Crippen LogP contribution in [0, 0.1) is 6.92 Å². The van der Waals surface area contributed by atoms with E-state index in [0.29, 0.717) is 24.3 Å². The summed E-state index contributed by atoms with van der Waals surface area (Å²) in [5.41, 5.74) is 1.33. The van der Waals surface area contributed by atoms with Gasteiger partial charge in [-0.05, 0) is 32.9 Å². The van der Waals surface area contributed by atoms with Crippen molar-refractivity contribution >= 4 is 11.7 Å². The maximum absolute atomic E-state index is 11.8. The van der Waals surface area contributed by atoms with Gasteiger partial charge in [0.15, 0.2) is 0 Å². The fraction of sp³-hybridized carbons (Fsp3) is 0.417. The summed E-state index contributed by atoms with van der Waals surface area (Å²) in [6.45, 7) is 6.96. The summed E-state index contributed by atoms with van der Waals surface area (Å²) < 4.78 is 0. The van der Waals surface area contributed by atoms with E-state index in [4.69, 9.17) is 0 Å². The first-order chi connectivity index (χ1) is 7.60. The van der Waals surface area contributed by atoms with E-state index in [-0.39, 0.29) is 11.8 Å². The number of hydrogen-bond acceptors (Lipinski definition) is 2. The average Bonchev–Trinajstić information content (AvgIpc) is 2.26. The van der Waals surface area contributed by atoms with Crippen molar-refractivity contribution in [3.63, 3.8) is 0 Å². The predicted octanol–water partition coefficient (Wildman–Crippen LogP) is 2.57. The van der Waals surface area contributed by atoms with E-state index < -0.39 is 0 Å². The van der Waals surface area contributed by atoms with Gasteiger partial charge in [0.25, 0.3) is 0 Å². The number of nitrogens with zero attached hydrogens (tertiary/aromatic N) is 1. The summed E-state index contributed by atoms with van der Waals surface area (Å²) >= 11 is 0. The monoisotopic (exact) mass is 222 g/mol. The molecule has 0 unspecified atom stereocenters. The number of nitrogens with one attached hydrogen (secondary N) is 1. The molecule has 0 aliphatic heterocycles. The Kier molecular flexibility index (Phi) is 4.17. The number of hydrogen-bond donors (Lipinski definition) is 2. The van der Waals surface area contributed by atoms with Crippen LogP contribution in [-0.4, -0.2) is 29.1 Å². The smallest absolute Gasteiger partial charge is 0.321 e. The van der Waals surface area contributed by atoms with Gasteiger partial charge in [-0.1, -0.05) is 6.07 Å². The topological polar surface area (TPSA) is 52.6 Å². The van der Waals surface area contributed by atoms with Crippen molar-refractivity contribution in [2.45, 2.75) is 20.8 Å². The number of anilines is 1. The van der Waals surface area contributed by atoms with Gasteiger partial charge in [0.05, 0.1) is 0 Å². The van der Waals surface area contributed by atoms with E-state index >= 15 is 0 Å².